The van der Waals surface area contributed by atoms with Gasteiger partial charge in [0.2, 0.25) is 0 Å². The molecule has 0 saturated carbocycles. The summed E-state index contributed by atoms with van der Waals surface area (Å²) in [5.74, 6) is 0.572. The zero-order chi connectivity index (χ0) is 15.2. The van der Waals surface area contributed by atoms with Crippen LogP contribution < -0.4 is 10.1 Å². The second-order valence-corrected chi connectivity index (χ2v) is 5.51. The number of benzene rings is 2. The fourth-order valence-corrected chi connectivity index (χ4v) is 1.95. The lowest BCUT2D eigenvalue weighted by Crippen LogP contribution is -2.29. The summed E-state index contributed by atoms with van der Waals surface area (Å²) >= 11 is 5.84. The van der Waals surface area contributed by atoms with Crippen LogP contribution >= 0.6 is 11.6 Å². The van der Waals surface area contributed by atoms with E-state index in [9.17, 15) is 4.79 Å². The van der Waals surface area contributed by atoms with Gasteiger partial charge >= 0.3 is 0 Å². The molecule has 0 bridgehead atoms. The summed E-state index contributed by atoms with van der Waals surface area (Å²) in [6, 6.07) is 14.8. The molecule has 1 N–H and O–H groups in total. The number of halogens is 1. The highest BCUT2D eigenvalue weighted by Crippen LogP contribution is 2.16. The van der Waals surface area contributed by atoms with E-state index in [0.717, 1.165) is 5.56 Å². The van der Waals surface area contributed by atoms with Gasteiger partial charge in [-0.25, -0.2) is 0 Å². The van der Waals surface area contributed by atoms with Crippen molar-refractivity contribution in [1.82, 2.24) is 5.32 Å². The van der Waals surface area contributed by atoms with Crippen molar-refractivity contribution in [1.29, 1.82) is 0 Å². The first kappa shape index (κ1) is 15.4. The number of hydrogen-bond acceptors (Lipinski definition) is 2. The first-order chi connectivity index (χ1) is 10.0. The molecular weight excluding hydrogens is 286 g/mol. The molecule has 0 unspecified atom stereocenters. The lowest BCUT2D eigenvalue weighted by molar-refractivity contribution is 0.0942. The molecule has 0 spiro atoms. The Bertz CT molecular complexity index is 608. The van der Waals surface area contributed by atoms with Crippen LogP contribution in [0.15, 0.2) is 48.5 Å². The summed E-state index contributed by atoms with van der Waals surface area (Å²) in [5.41, 5.74) is 1.62. The van der Waals surface area contributed by atoms with Gasteiger partial charge in [0.1, 0.15) is 12.4 Å². The zero-order valence-corrected chi connectivity index (χ0v) is 12.9. The van der Waals surface area contributed by atoms with E-state index in [-0.39, 0.29) is 11.9 Å². The Labute approximate surface area is 129 Å². The topological polar surface area (TPSA) is 38.3 Å². The molecule has 0 aliphatic rings. The molecular formula is C17H18ClNO2. The molecule has 0 atom stereocenters. The molecule has 0 radical (unpaired) electrons. The Morgan fingerprint density at radius 3 is 2.57 bits per heavy atom. The molecule has 0 aliphatic heterocycles. The average Bonchev–Trinajstić information content (AvgIpc) is 2.46. The van der Waals surface area contributed by atoms with E-state index < -0.39 is 0 Å². The van der Waals surface area contributed by atoms with Gasteiger partial charge in [-0.15, -0.1) is 0 Å². The maximum absolute atomic E-state index is 11.9. The van der Waals surface area contributed by atoms with Gasteiger partial charge in [-0.05, 0) is 49.7 Å². The van der Waals surface area contributed by atoms with Crippen molar-refractivity contribution in [3.05, 3.63) is 64.7 Å². The van der Waals surface area contributed by atoms with Gasteiger partial charge < -0.3 is 10.1 Å². The van der Waals surface area contributed by atoms with E-state index in [0.29, 0.717) is 22.9 Å². The first-order valence-corrected chi connectivity index (χ1v) is 7.20. The fraction of sp³-hybridized carbons (Fsp3) is 0.235. The molecule has 0 heterocycles. The van der Waals surface area contributed by atoms with Gasteiger partial charge in [-0.2, -0.15) is 0 Å². The molecule has 2 rings (SSSR count). The largest absolute Gasteiger partial charge is 0.489 e. The number of hydrogen-bond donors (Lipinski definition) is 1. The normalized spacial score (nSPS) is 10.5. The third-order valence-electron chi connectivity index (χ3n) is 2.83. The molecule has 2 aromatic carbocycles. The Morgan fingerprint density at radius 2 is 1.90 bits per heavy atom. The maximum Gasteiger partial charge on any atom is 0.251 e. The molecule has 110 valence electrons. The first-order valence-electron chi connectivity index (χ1n) is 6.83. The van der Waals surface area contributed by atoms with Crippen LogP contribution in [0.2, 0.25) is 5.02 Å². The highest BCUT2D eigenvalue weighted by atomic mass is 35.5. The second kappa shape index (κ2) is 7.14. The standard InChI is InChI=1S/C17H18ClNO2/c1-12(2)19-17(20)14-4-3-5-16(10-14)21-11-13-6-8-15(18)9-7-13/h3-10,12H,11H2,1-2H3,(H,19,20). The van der Waals surface area contributed by atoms with Crippen molar-refractivity contribution in [3.63, 3.8) is 0 Å². The molecule has 1 amide bonds. The summed E-state index contributed by atoms with van der Waals surface area (Å²) in [6.45, 7) is 4.30. The van der Waals surface area contributed by atoms with Gasteiger partial charge in [-0.1, -0.05) is 29.8 Å². The van der Waals surface area contributed by atoms with Crippen molar-refractivity contribution in [2.45, 2.75) is 26.5 Å². The number of carbonyl (C=O) groups is 1. The van der Waals surface area contributed by atoms with Crippen LogP contribution in [0.1, 0.15) is 29.8 Å². The van der Waals surface area contributed by atoms with Crippen molar-refractivity contribution < 1.29 is 9.53 Å². The summed E-state index contributed by atoms with van der Waals surface area (Å²) in [4.78, 5) is 11.9. The Hall–Kier alpha value is -2.00. The Morgan fingerprint density at radius 1 is 1.19 bits per heavy atom. The number of rotatable bonds is 5. The van der Waals surface area contributed by atoms with Crippen LogP contribution in [0.25, 0.3) is 0 Å². The van der Waals surface area contributed by atoms with Crippen molar-refractivity contribution in [3.8, 4) is 5.75 Å². The molecule has 0 fully saturated rings. The minimum atomic E-state index is -0.0954. The number of ether oxygens (including phenoxy) is 1. The molecule has 0 aromatic heterocycles. The highest BCUT2D eigenvalue weighted by Gasteiger charge is 2.07. The van der Waals surface area contributed by atoms with Crippen LogP contribution in [0.4, 0.5) is 0 Å². The zero-order valence-electron chi connectivity index (χ0n) is 12.1. The van der Waals surface area contributed by atoms with Crippen LogP contribution in [0.5, 0.6) is 5.75 Å². The summed E-state index contributed by atoms with van der Waals surface area (Å²) in [6.07, 6.45) is 0. The van der Waals surface area contributed by atoms with Gasteiger partial charge in [0.25, 0.3) is 5.91 Å². The average molecular weight is 304 g/mol. The van der Waals surface area contributed by atoms with Crippen LogP contribution in [0.3, 0.4) is 0 Å². The molecule has 4 heteroatoms. The van der Waals surface area contributed by atoms with Gasteiger partial charge in [0, 0.05) is 16.6 Å². The van der Waals surface area contributed by atoms with E-state index in [1.54, 1.807) is 12.1 Å². The second-order valence-electron chi connectivity index (χ2n) is 5.07. The molecule has 0 saturated heterocycles. The van der Waals surface area contributed by atoms with Gasteiger partial charge in [0.15, 0.2) is 0 Å². The SMILES string of the molecule is CC(C)NC(=O)c1cccc(OCc2ccc(Cl)cc2)c1. The van der Waals surface area contributed by atoms with Crippen molar-refractivity contribution >= 4 is 17.5 Å². The van der Waals surface area contributed by atoms with Crippen LogP contribution in [-0.2, 0) is 6.61 Å². The summed E-state index contributed by atoms with van der Waals surface area (Å²) in [7, 11) is 0. The lowest BCUT2D eigenvalue weighted by atomic mass is 10.2. The monoisotopic (exact) mass is 303 g/mol. The number of amides is 1. The van der Waals surface area contributed by atoms with E-state index >= 15 is 0 Å². The smallest absolute Gasteiger partial charge is 0.251 e. The molecule has 3 nitrogen and oxygen atoms in total. The molecule has 0 aliphatic carbocycles. The van der Waals surface area contributed by atoms with Crippen molar-refractivity contribution in [2.24, 2.45) is 0 Å². The van der Waals surface area contributed by atoms with Gasteiger partial charge in [-0.3, -0.25) is 4.79 Å². The summed E-state index contributed by atoms with van der Waals surface area (Å²) < 4.78 is 5.70. The third kappa shape index (κ3) is 4.80. The fourth-order valence-electron chi connectivity index (χ4n) is 1.82. The number of nitrogens with one attached hydrogen (secondary N) is 1. The minimum absolute atomic E-state index is 0.0954. The third-order valence-corrected chi connectivity index (χ3v) is 3.09. The van der Waals surface area contributed by atoms with E-state index in [1.807, 2.05) is 50.2 Å². The van der Waals surface area contributed by atoms with Crippen LogP contribution in [0, 0.1) is 0 Å². The van der Waals surface area contributed by atoms with Gasteiger partial charge in [0.05, 0.1) is 0 Å². The van der Waals surface area contributed by atoms with E-state index in [1.165, 1.54) is 0 Å². The van der Waals surface area contributed by atoms with Crippen LogP contribution in [-0.4, -0.2) is 11.9 Å². The van der Waals surface area contributed by atoms with E-state index in [2.05, 4.69) is 5.32 Å². The molecule has 21 heavy (non-hydrogen) atoms. The predicted octanol–water partition coefficient (Wildman–Crippen LogP) is 4.06. The lowest BCUT2D eigenvalue weighted by Gasteiger charge is -2.10. The Balaban J connectivity index is 2.00. The maximum atomic E-state index is 11.9. The Kier molecular flexibility index (Phi) is 5.23. The highest BCUT2D eigenvalue weighted by molar-refractivity contribution is 6.30. The van der Waals surface area contributed by atoms with E-state index in [4.69, 9.17) is 16.3 Å². The summed E-state index contributed by atoms with van der Waals surface area (Å²) in [5, 5.41) is 3.56. The minimum Gasteiger partial charge on any atom is -0.489 e. The molecule has 2 aromatic rings. The number of carbonyl (C=O) groups excluding carboxylic acids is 1. The quantitative estimate of drug-likeness (QED) is 0.904. The predicted molar refractivity (Wildman–Crippen MR) is 84.8 cm³/mol. The van der Waals surface area contributed by atoms with Crippen molar-refractivity contribution in [2.75, 3.05) is 0 Å².